The number of hydrogen-bond donors (Lipinski definition) is 1. The second-order valence-corrected chi connectivity index (χ2v) is 9.12. The number of benzene rings is 1. The fourth-order valence-electron chi connectivity index (χ4n) is 3.95. The lowest BCUT2D eigenvalue weighted by Crippen LogP contribution is -2.32. The van der Waals surface area contributed by atoms with Gasteiger partial charge in [0.15, 0.2) is 0 Å². The number of likely N-dealkylation sites (tertiary alicyclic amines) is 1. The fourth-order valence-corrected chi connectivity index (χ4v) is 3.95. The minimum absolute atomic E-state index is 0.0943. The van der Waals surface area contributed by atoms with Gasteiger partial charge in [0.2, 0.25) is 0 Å². The summed E-state index contributed by atoms with van der Waals surface area (Å²) in [4.78, 5) is 33.8. The van der Waals surface area contributed by atoms with Gasteiger partial charge < -0.3 is 19.6 Å². The van der Waals surface area contributed by atoms with E-state index in [0.717, 1.165) is 12.1 Å². The van der Waals surface area contributed by atoms with E-state index in [0.29, 0.717) is 42.4 Å². The third kappa shape index (κ3) is 5.60. The number of aliphatic hydroxyl groups is 1. The second-order valence-electron chi connectivity index (χ2n) is 9.12. The zero-order valence-electron chi connectivity index (χ0n) is 20.0. The molecule has 0 aliphatic carbocycles. The Morgan fingerprint density at radius 2 is 2.00 bits per heavy atom. The van der Waals surface area contributed by atoms with Crippen LogP contribution in [0.5, 0.6) is 5.75 Å². The van der Waals surface area contributed by atoms with Gasteiger partial charge in [-0.15, -0.1) is 0 Å². The topological polar surface area (TPSA) is 83.0 Å². The molecule has 1 saturated heterocycles. The number of Topliss-reactive ketones (excluding diaryl/α,β-unsaturated/α-hetero) is 1. The van der Waals surface area contributed by atoms with Gasteiger partial charge in [0.05, 0.1) is 18.2 Å². The number of rotatable bonds is 9. The SMILES string of the molecule is Cc1cc(OCC(C)C)ccc1C(O)=C1C(=O)C(=O)N(CCCN(C)C)[C@@H]1c1cccnc1. The summed E-state index contributed by atoms with van der Waals surface area (Å²) >= 11 is 0. The first-order valence-corrected chi connectivity index (χ1v) is 11.3. The summed E-state index contributed by atoms with van der Waals surface area (Å²) < 4.78 is 5.78. The second kappa shape index (κ2) is 10.6. The predicted octanol–water partition coefficient (Wildman–Crippen LogP) is 3.80. The van der Waals surface area contributed by atoms with E-state index in [2.05, 4.69) is 18.8 Å². The van der Waals surface area contributed by atoms with Crippen LogP contribution in [0.4, 0.5) is 0 Å². The number of aryl methyl sites for hydroxylation is 1. The Labute approximate surface area is 195 Å². The highest BCUT2D eigenvalue weighted by Gasteiger charge is 2.46. The lowest BCUT2D eigenvalue weighted by Gasteiger charge is -2.25. The quantitative estimate of drug-likeness (QED) is 0.355. The maximum Gasteiger partial charge on any atom is 0.295 e. The third-order valence-corrected chi connectivity index (χ3v) is 5.58. The molecule has 0 spiro atoms. The lowest BCUT2D eigenvalue weighted by molar-refractivity contribution is -0.139. The van der Waals surface area contributed by atoms with Crippen molar-refractivity contribution in [3.05, 3.63) is 65.0 Å². The van der Waals surface area contributed by atoms with E-state index < -0.39 is 17.7 Å². The lowest BCUT2D eigenvalue weighted by atomic mass is 9.94. The number of ether oxygens (including phenoxy) is 1. The van der Waals surface area contributed by atoms with E-state index in [1.165, 1.54) is 0 Å². The van der Waals surface area contributed by atoms with Gasteiger partial charge in [-0.2, -0.15) is 0 Å². The third-order valence-electron chi connectivity index (χ3n) is 5.58. The zero-order chi connectivity index (χ0) is 24.1. The molecule has 1 aliphatic heterocycles. The van der Waals surface area contributed by atoms with Gasteiger partial charge in [0, 0.05) is 24.5 Å². The minimum Gasteiger partial charge on any atom is -0.507 e. The first-order chi connectivity index (χ1) is 15.7. The van der Waals surface area contributed by atoms with Crippen molar-refractivity contribution in [2.45, 2.75) is 33.2 Å². The molecule has 2 heterocycles. The largest absolute Gasteiger partial charge is 0.507 e. The van der Waals surface area contributed by atoms with Gasteiger partial charge >= 0.3 is 0 Å². The molecule has 1 fully saturated rings. The summed E-state index contributed by atoms with van der Waals surface area (Å²) in [7, 11) is 3.92. The van der Waals surface area contributed by atoms with Crippen LogP contribution in [0.2, 0.25) is 0 Å². The van der Waals surface area contributed by atoms with Gasteiger partial charge in [0.1, 0.15) is 11.5 Å². The van der Waals surface area contributed by atoms with Crippen molar-refractivity contribution in [3.8, 4) is 5.75 Å². The highest BCUT2D eigenvalue weighted by Crippen LogP contribution is 2.40. The smallest absolute Gasteiger partial charge is 0.295 e. The molecule has 1 atom stereocenters. The first kappa shape index (κ1) is 24.5. The predicted molar refractivity (Wildman–Crippen MR) is 128 cm³/mol. The number of aromatic nitrogens is 1. The molecular weight excluding hydrogens is 418 g/mol. The highest BCUT2D eigenvalue weighted by molar-refractivity contribution is 6.46. The number of amides is 1. The number of aliphatic hydroxyl groups excluding tert-OH is 1. The van der Waals surface area contributed by atoms with Crippen molar-refractivity contribution >= 4 is 17.4 Å². The van der Waals surface area contributed by atoms with Crippen molar-refractivity contribution in [2.75, 3.05) is 33.8 Å². The van der Waals surface area contributed by atoms with Crippen LogP contribution < -0.4 is 4.74 Å². The summed E-state index contributed by atoms with van der Waals surface area (Å²) in [5.41, 5.74) is 2.05. The standard InChI is InChI=1S/C26H33N3O4/c1-17(2)16-33-20-9-10-21(18(3)14-20)24(30)22-23(19-8-6-11-27-15-19)29(26(32)25(22)31)13-7-12-28(4)5/h6,8-11,14-15,17,23,30H,7,12-13,16H2,1-5H3/t23-/m1/s1. The molecule has 7 heteroatoms. The Kier molecular flexibility index (Phi) is 7.87. The average molecular weight is 452 g/mol. The van der Waals surface area contributed by atoms with E-state index in [1.807, 2.05) is 38.1 Å². The van der Waals surface area contributed by atoms with Crippen LogP contribution in [-0.4, -0.2) is 65.4 Å². The van der Waals surface area contributed by atoms with Crippen molar-refractivity contribution < 1.29 is 19.4 Å². The molecule has 1 aromatic carbocycles. The molecule has 1 aromatic heterocycles. The summed E-state index contributed by atoms with van der Waals surface area (Å²) in [6.45, 7) is 7.76. The van der Waals surface area contributed by atoms with Crippen molar-refractivity contribution in [2.24, 2.45) is 5.92 Å². The van der Waals surface area contributed by atoms with Crippen molar-refractivity contribution in [1.29, 1.82) is 0 Å². The van der Waals surface area contributed by atoms with Crippen LogP contribution in [0.15, 0.2) is 48.3 Å². The van der Waals surface area contributed by atoms with Gasteiger partial charge in [0.25, 0.3) is 11.7 Å². The number of ketones is 1. The molecule has 1 aliphatic rings. The number of carbonyl (C=O) groups is 2. The maximum atomic E-state index is 13.1. The van der Waals surface area contributed by atoms with E-state index in [4.69, 9.17) is 4.74 Å². The molecule has 1 N–H and O–H groups in total. The number of nitrogens with zero attached hydrogens (tertiary/aromatic N) is 3. The Morgan fingerprint density at radius 3 is 2.61 bits per heavy atom. The Hall–Kier alpha value is -3.19. The Bertz CT molecular complexity index is 1030. The van der Waals surface area contributed by atoms with Crippen LogP contribution >= 0.6 is 0 Å². The van der Waals surface area contributed by atoms with Crippen molar-refractivity contribution in [1.82, 2.24) is 14.8 Å². The average Bonchev–Trinajstić information content (AvgIpc) is 3.02. The van der Waals surface area contributed by atoms with Gasteiger partial charge in [-0.1, -0.05) is 19.9 Å². The van der Waals surface area contributed by atoms with Crippen LogP contribution in [0.3, 0.4) is 0 Å². The van der Waals surface area contributed by atoms with Gasteiger partial charge in [-0.05, 0) is 75.3 Å². The van der Waals surface area contributed by atoms with Crippen LogP contribution in [0.1, 0.15) is 43.0 Å². The highest BCUT2D eigenvalue weighted by atomic mass is 16.5. The van der Waals surface area contributed by atoms with E-state index in [1.54, 1.807) is 35.5 Å². The molecule has 176 valence electrons. The molecular formula is C26H33N3O4. The molecule has 7 nitrogen and oxygen atoms in total. The van der Waals surface area contributed by atoms with E-state index in [-0.39, 0.29) is 11.3 Å². The van der Waals surface area contributed by atoms with Gasteiger partial charge in [-0.3, -0.25) is 14.6 Å². The Morgan fingerprint density at radius 1 is 1.24 bits per heavy atom. The fraction of sp³-hybridized carbons (Fsp3) is 0.423. The van der Waals surface area contributed by atoms with Crippen molar-refractivity contribution in [3.63, 3.8) is 0 Å². The number of pyridine rings is 1. The number of carbonyl (C=O) groups excluding carboxylic acids is 2. The van der Waals surface area contributed by atoms with E-state index in [9.17, 15) is 14.7 Å². The zero-order valence-corrected chi connectivity index (χ0v) is 20.0. The van der Waals surface area contributed by atoms with E-state index >= 15 is 0 Å². The summed E-state index contributed by atoms with van der Waals surface area (Å²) in [6, 6.07) is 8.25. The molecule has 33 heavy (non-hydrogen) atoms. The maximum absolute atomic E-state index is 13.1. The molecule has 0 unspecified atom stereocenters. The summed E-state index contributed by atoms with van der Waals surface area (Å²) in [5, 5.41) is 11.3. The van der Waals surface area contributed by atoms with Crippen LogP contribution in [0, 0.1) is 12.8 Å². The molecule has 0 bridgehead atoms. The molecule has 1 amide bonds. The minimum atomic E-state index is -0.683. The number of hydrogen-bond acceptors (Lipinski definition) is 6. The monoisotopic (exact) mass is 451 g/mol. The molecule has 3 rings (SSSR count). The molecule has 2 aromatic rings. The summed E-state index contributed by atoms with van der Waals surface area (Å²) in [5.74, 6) is -0.360. The normalized spacial score (nSPS) is 17.9. The molecule has 0 radical (unpaired) electrons. The van der Waals surface area contributed by atoms with Crippen LogP contribution in [-0.2, 0) is 9.59 Å². The van der Waals surface area contributed by atoms with Crippen LogP contribution in [0.25, 0.3) is 5.76 Å². The molecule has 0 saturated carbocycles. The van der Waals surface area contributed by atoms with Gasteiger partial charge in [-0.25, -0.2) is 0 Å². The Balaban J connectivity index is 2.02. The summed E-state index contributed by atoms with van der Waals surface area (Å²) in [6.07, 6.45) is 3.98. The first-order valence-electron chi connectivity index (χ1n) is 11.3.